The van der Waals surface area contributed by atoms with Crippen LogP contribution >= 0.6 is 0 Å². The summed E-state index contributed by atoms with van der Waals surface area (Å²) >= 11 is 0. The summed E-state index contributed by atoms with van der Waals surface area (Å²) in [6.45, 7) is 4.99. The van der Waals surface area contributed by atoms with E-state index in [0.29, 0.717) is 35.7 Å². The average Bonchev–Trinajstić information content (AvgIpc) is 3.11. The first-order valence-electron chi connectivity index (χ1n) is 11.4. The van der Waals surface area contributed by atoms with E-state index >= 15 is 0 Å². The van der Waals surface area contributed by atoms with Crippen LogP contribution in [0.4, 0.5) is 17.1 Å². The number of imide groups is 1. The van der Waals surface area contributed by atoms with E-state index in [4.69, 9.17) is 4.74 Å². The molecule has 0 aromatic heterocycles. The van der Waals surface area contributed by atoms with Crippen molar-refractivity contribution < 1.29 is 14.3 Å². The van der Waals surface area contributed by atoms with Gasteiger partial charge in [-0.25, -0.2) is 4.90 Å². The summed E-state index contributed by atoms with van der Waals surface area (Å²) in [5.74, 6) is 0.0463. The number of hydrogen-bond acceptors (Lipinski definition) is 5. The predicted molar refractivity (Wildman–Crippen MR) is 137 cm³/mol. The van der Waals surface area contributed by atoms with Gasteiger partial charge >= 0.3 is 0 Å². The SMILES string of the molecule is CCOc1ccc(C2=C(N(CC)c3ccccc3)C(=O)N(c3ccc(N(C)C)cc3)C2=O)cc1. The standard InChI is InChI=1S/C28H29N3O3/c1-5-30(22-10-8-7-9-11-22)26-25(20-12-18-24(19-13-20)34-6-2)27(32)31(28(26)33)23-16-14-21(15-17-23)29(3)4/h7-19H,5-6H2,1-4H3. The predicted octanol–water partition coefficient (Wildman–Crippen LogP) is 4.96. The van der Waals surface area contributed by atoms with Crippen molar-refractivity contribution in [3.05, 3.63) is 90.1 Å². The second-order valence-electron chi connectivity index (χ2n) is 8.12. The maximum Gasteiger partial charge on any atom is 0.282 e. The van der Waals surface area contributed by atoms with E-state index in [1.165, 1.54) is 4.90 Å². The molecule has 174 valence electrons. The number of anilines is 3. The molecule has 4 rings (SSSR count). The van der Waals surface area contributed by atoms with Gasteiger partial charge < -0.3 is 14.5 Å². The van der Waals surface area contributed by atoms with Gasteiger partial charge in [0.2, 0.25) is 0 Å². The number of nitrogens with zero attached hydrogens (tertiary/aromatic N) is 3. The van der Waals surface area contributed by atoms with E-state index in [1.807, 2.05) is 117 Å². The highest BCUT2D eigenvalue weighted by Crippen LogP contribution is 2.37. The van der Waals surface area contributed by atoms with Gasteiger partial charge in [-0.2, -0.15) is 0 Å². The van der Waals surface area contributed by atoms with Crippen LogP contribution in [-0.4, -0.2) is 39.1 Å². The molecule has 0 bridgehead atoms. The topological polar surface area (TPSA) is 53.1 Å². The van der Waals surface area contributed by atoms with Gasteiger partial charge in [0.15, 0.2) is 0 Å². The molecule has 2 amide bonds. The monoisotopic (exact) mass is 455 g/mol. The molecule has 0 spiro atoms. The Bertz CT molecular complexity index is 1200. The van der Waals surface area contributed by atoms with E-state index in [2.05, 4.69) is 0 Å². The lowest BCUT2D eigenvalue weighted by Crippen LogP contribution is -2.35. The molecule has 6 nitrogen and oxygen atoms in total. The van der Waals surface area contributed by atoms with E-state index in [-0.39, 0.29) is 11.8 Å². The van der Waals surface area contributed by atoms with Crippen LogP contribution in [0.2, 0.25) is 0 Å². The number of likely N-dealkylation sites (N-methyl/N-ethyl adjacent to an activating group) is 1. The zero-order chi connectivity index (χ0) is 24.2. The van der Waals surface area contributed by atoms with Gasteiger partial charge in [0.1, 0.15) is 11.4 Å². The second-order valence-corrected chi connectivity index (χ2v) is 8.12. The Morgan fingerprint density at radius 2 is 1.41 bits per heavy atom. The Morgan fingerprint density at radius 3 is 1.97 bits per heavy atom. The normalized spacial score (nSPS) is 13.5. The largest absolute Gasteiger partial charge is 0.494 e. The summed E-state index contributed by atoms with van der Waals surface area (Å²) in [4.78, 5) is 32.8. The van der Waals surface area contributed by atoms with E-state index in [9.17, 15) is 9.59 Å². The third-order valence-electron chi connectivity index (χ3n) is 5.79. The van der Waals surface area contributed by atoms with Crippen LogP contribution in [0.15, 0.2) is 84.6 Å². The van der Waals surface area contributed by atoms with Gasteiger partial charge in [-0.3, -0.25) is 9.59 Å². The van der Waals surface area contributed by atoms with Crippen molar-refractivity contribution >= 4 is 34.4 Å². The molecule has 1 aliphatic heterocycles. The summed E-state index contributed by atoms with van der Waals surface area (Å²) in [5, 5.41) is 0. The molecular formula is C28H29N3O3. The summed E-state index contributed by atoms with van der Waals surface area (Å²) in [5.41, 5.74) is 3.83. The first-order chi connectivity index (χ1) is 16.5. The Morgan fingerprint density at radius 1 is 0.765 bits per heavy atom. The smallest absolute Gasteiger partial charge is 0.282 e. The molecule has 3 aromatic carbocycles. The summed E-state index contributed by atoms with van der Waals surface area (Å²) in [7, 11) is 3.90. The highest BCUT2D eigenvalue weighted by molar-refractivity contribution is 6.46. The molecule has 1 heterocycles. The maximum atomic E-state index is 13.8. The van der Waals surface area contributed by atoms with Crippen LogP contribution in [0, 0.1) is 0 Å². The minimum Gasteiger partial charge on any atom is -0.494 e. The van der Waals surface area contributed by atoms with Crippen molar-refractivity contribution in [2.45, 2.75) is 13.8 Å². The van der Waals surface area contributed by atoms with E-state index in [1.54, 1.807) is 0 Å². The fraction of sp³-hybridized carbons (Fsp3) is 0.214. The lowest BCUT2D eigenvalue weighted by Gasteiger charge is -2.25. The quantitative estimate of drug-likeness (QED) is 0.449. The third-order valence-corrected chi connectivity index (χ3v) is 5.79. The van der Waals surface area contributed by atoms with E-state index in [0.717, 1.165) is 17.1 Å². The van der Waals surface area contributed by atoms with Crippen molar-refractivity contribution in [2.24, 2.45) is 0 Å². The van der Waals surface area contributed by atoms with Crippen molar-refractivity contribution in [3.8, 4) is 5.75 Å². The number of ether oxygens (including phenoxy) is 1. The molecule has 0 fully saturated rings. The number of rotatable bonds is 8. The van der Waals surface area contributed by atoms with Gasteiger partial charge in [0.05, 0.1) is 17.9 Å². The number of carbonyl (C=O) groups is 2. The summed E-state index contributed by atoms with van der Waals surface area (Å²) in [6.07, 6.45) is 0. The van der Waals surface area contributed by atoms with Gasteiger partial charge in [-0.1, -0.05) is 30.3 Å². The van der Waals surface area contributed by atoms with Crippen LogP contribution in [0.25, 0.3) is 5.57 Å². The van der Waals surface area contributed by atoms with Crippen molar-refractivity contribution in [3.63, 3.8) is 0 Å². The molecule has 0 saturated carbocycles. The van der Waals surface area contributed by atoms with Gasteiger partial charge in [0, 0.05) is 32.0 Å². The zero-order valence-corrected chi connectivity index (χ0v) is 20.0. The number of amides is 2. The third kappa shape index (κ3) is 4.27. The minimum absolute atomic E-state index is 0.336. The van der Waals surface area contributed by atoms with Crippen molar-refractivity contribution in [1.82, 2.24) is 0 Å². The van der Waals surface area contributed by atoms with Crippen molar-refractivity contribution in [2.75, 3.05) is 41.9 Å². The summed E-state index contributed by atoms with van der Waals surface area (Å²) in [6, 6.07) is 24.4. The Labute approximate surface area is 200 Å². The lowest BCUT2D eigenvalue weighted by atomic mass is 10.0. The summed E-state index contributed by atoms with van der Waals surface area (Å²) < 4.78 is 5.56. The molecule has 0 N–H and O–H groups in total. The molecule has 3 aromatic rings. The Kier molecular flexibility index (Phi) is 6.68. The first kappa shape index (κ1) is 23.1. The van der Waals surface area contributed by atoms with Gasteiger partial charge in [-0.15, -0.1) is 0 Å². The molecule has 0 unspecified atom stereocenters. The number of carbonyl (C=O) groups excluding carboxylic acids is 2. The highest BCUT2D eigenvalue weighted by Gasteiger charge is 2.42. The number of benzene rings is 3. The van der Waals surface area contributed by atoms with Crippen LogP contribution in [0.5, 0.6) is 5.75 Å². The first-order valence-corrected chi connectivity index (χ1v) is 11.4. The number of para-hydroxylation sites is 1. The van der Waals surface area contributed by atoms with Crippen molar-refractivity contribution in [1.29, 1.82) is 0 Å². The molecule has 0 aliphatic carbocycles. The van der Waals surface area contributed by atoms with Crippen LogP contribution in [0.3, 0.4) is 0 Å². The molecule has 0 saturated heterocycles. The fourth-order valence-corrected chi connectivity index (χ4v) is 4.13. The Balaban J connectivity index is 1.83. The molecule has 6 heteroatoms. The lowest BCUT2D eigenvalue weighted by molar-refractivity contribution is -0.120. The molecule has 1 aliphatic rings. The second kappa shape index (κ2) is 9.83. The molecular weight excluding hydrogens is 426 g/mol. The molecule has 34 heavy (non-hydrogen) atoms. The van der Waals surface area contributed by atoms with E-state index < -0.39 is 0 Å². The number of hydrogen-bond donors (Lipinski definition) is 0. The fourth-order valence-electron chi connectivity index (χ4n) is 4.13. The Hall–Kier alpha value is -4.06. The minimum atomic E-state index is -0.337. The highest BCUT2D eigenvalue weighted by atomic mass is 16.5. The average molecular weight is 456 g/mol. The van der Waals surface area contributed by atoms with Crippen LogP contribution in [-0.2, 0) is 9.59 Å². The maximum absolute atomic E-state index is 13.8. The van der Waals surface area contributed by atoms with Gasteiger partial charge in [0.25, 0.3) is 11.8 Å². The van der Waals surface area contributed by atoms with Crippen LogP contribution in [0.1, 0.15) is 19.4 Å². The molecule has 0 atom stereocenters. The van der Waals surface area contributed by atoms with Gasteiger partial charge in [-0.05, 0) is 67.9 Å². The van der Waals surface area contributed by atoms with Crippen LogP contribution < -0.4 is 19.4 Å². The zero-order valence-electron chi connectivity index (χ0n) is 20.0. The molecule has 0 radical (unpaired) electrons.